The van der Waals surface area contributed by atoms with E-state index in [4.69, 9.17) is 22.1 Å². The monoisotopic (exact) mass is 272 g/mol. The van der Waals surface area contributed by atoms with Crippen molar-refractivity contribution in [2.24, 2.45) is 5.73 Å². The first-order valence-corrected chi connectivity index (χ1v) is 6.59. The van der Waals surface area contributed by atoms with E-state index in [2.05, 4.69) is 4.90 Å². The minimum absolute atomic E-state index is 0.315. The molecule has 1 fully saturated rings. The summed E-state index contributed by atoms with van der Waals surface area (Å²) in [6.45, 7) is 3.43. The fourth-order valence-corrected chi connectivity index (χ4v) is 2.28. The number of hydrogen-bond acceptors (Lipinski definition) is 3. The van der Waals surface area contributed by atoms with Crippen LogP contribution in [0.3, 0.4) is 0 Å². The molecule has 0 spiro atoms. The van der Waals surface area contributed by atoms with Crippen LogP contribution >= 0.6 is 11.6 Å². The number of piperidine rings is 1. The molecule has 3 nitrogen and oxygen atoms in total. The highest BCUT2D eigenvalue weighted by atomic mass is 35.5. The quantitative estimate of drug-likeness (QED) is 0.914. The van der Waals surface area contributed by atoms with Crippen molar-refractivity contribution >= 4 is 11.6 Å². The molecule has 100 valence electrons. The van der Waals surface area contributed by atoms with Crippen molar-refractivity contribution in [3.63, 3.8) is 0 Å². The van der Waals surface area contributed by atoms with Crippen LogP contribution in [0, 0.1) is 5.82 Å². The number of likely N-dealkylation sites (tertiary alicyclic amines) is 1. The third-order valence-corrected chi connectivity index (χ3v) is 3.49. The van der Waals surface area contributed by atoms with Crippen LogP contribution in [0.4, 0.5) is 4.39 Å². The minimum Gasteiger partial charge on any atom is -0.491 e. The lowest BCUT2D eigenvalue weighted by molar-refractivity contribution is 0.174. The second kappa shape index (κ2) is 6.36. The fourth-order valence-electron chi connectivity index (χ4n) is 2.05. The molecule has 2 N–H and O–H groups in total. The van der Waals surface area contributed by atoms with E-state index in [1.165, 1.54) is 12.1 Å². The summed E-state index contributed by atoms with van der Waals surface area (Å²) in [7, 11) is 0. The van der Waals surface area contributed by atoms with E-state index in [1.54, 1.807) is 6.07 Å². The van der Waals surface area contributed by atoms with Gasteiger partial charge < -0.3 is 10.5 Å². The number of halogens is 2. The summed E-state index contributed by atoms with van der Waals surface area (Å²) < 4.78 is 18.4. The highest BCUT2D eigenvalue weighted by Crippen LogP contribution is 2.24. The lowest BCUT2D eigenvalue weighted by Crippen LogP contribution is -2.41. The predicted molar refractivity (Wildman–Crippen MR) is 70.6 cm³/mol. The number of benzene rings is 1. The second-order valence-corrected chi connectivity index (χ2v) is 5.01. The van der Waals surface area contributed by atoms with E-state index in [0.29, 0.717) is 23.4 Å². The Morgan fingerprint density at radius 3 is 2.78 bits per heavy atom. The second-order valence-electron chi connectivity index (χ2n) is 4.60. The van der Waals surface area contributed by atoms with Crippen LogP contribution in [0.15, 0.2) is 18.2 Å². The molecule has 2 rings (SSSR count). The van der Waals surface area contributed by atoms with Gasteiger partial charge in [-0.1, -0.05) is 11.6 Å². The Hall–Kier alpha value is -0.840. The Bertz CT molecular complexity index is 395. The van der Waals surface area contributed by atoms with Gasteiger partial charge in [-0.15, -0.1) is 0 Å². The van der Waals surface area contributed by atoms with Gasteiger partial charge >= 0.3 is 0 Å². The summed E-state index contributed by atoms with van der Waals surface area (Å²) in [5, 5.41) is 0.315. The molecule has 0 aromatic heterocycles. The van der Waals surface area contributed by atoms with Crippen molar-refractivity contribution in [3.05, 3.63) is 29.0 Å². The molecule has 5 heteroatoms. The molecule has 0 unspecified atom stereocenters. The van der Waals surface area contributed by atoms with Crippen molar-refractivity contribution in [1.29, 1.82) is 0 Å². The van der Waals surface area contributed by atoms with Gasteiger partial charge in [0, 0.05) is 12.6 Å². The number of nitrogens with two attached hydrogens (primary N) is 1. The van der Waals surface area contributed by atoms with Gasteiger partial charge in [-0.05, 0) is 44.1 Å². The zero-order chi connectivity index (χ0) is 13.0. The SMILES string of the molecule is NC1CCN(CCOc2ccc(F)cc2Cl)CC1. The van der Waals surface area contributed by atoms with Gasteiger partial charge in [0.2, 0.25) is 0 Å². The predicted octanol–water partition coefficient (Wildman–Crippen LogP) is 2.28. The van der Waals surface area contributed by atoms with Crippen molar-refractivity contribution in [3.8, 4) is 5.75 Å². The molecular weight excluding hydrogens is 255 g/mol. The molecule has 0 bridgehead atoms. The average Bonchev–Trinajstić information content (AvgIpc) is 2.34. The molecule has 0 atom stereocenters. The summed E-state index contributed by atoms with van der Waals surface area (Å²) in [5.41, 5.74) is 5.84. The van der Waals surface area contributed by atoms with E-state index < -0.39 is 0 Å². The Morgan fingerprint density at radius 2 is 2.11 bits per heavy atom. The first-order chi connectivity index (χ1) is 8.65. The summed E-state index contributed by atoms with van der Waals surface area (Å²) in [6, 6.07) is 4.51. The number of rotatable bonds is 4. The van der Waals surface area contributed by atoms with Crippen molar-refractivity contribution < 1.29 is 9.13 Å². The summed E-state index contributed by atoms with van der Waals surface area (Å²) in [6.07, 6.45) is 2.08. The first-order valence-electron chi connectivity index (χ1n) is 6.21. The Balaban J connectivity index is 1.75. The average molecular weight is 273 g/mol. The Labute approximate surface area is 112 Å². The fraction of sp³-hybridized carbons (Fsp3) is 0.538. The van der Waals surface area contributed by atoms with Gasteiger partial charge in [0.1, 0.15) is 18.2 Å². The third kappa shape index (κ3) is 3.83. The molecule has 1 aromatic carbocycles. The maximum absolute atomic E-state index is 12.8. The highest BCUT2D eigenvalue weighted by Gasteiger charge is 2.15. The smallest absolute Gasteiger partial charge is 0.138 e. The number of ether oxygens (including phenoxy) is 1. The van der Waals surface area contributed by atoms with Gasteiger partial charge in [-0.25, -0.2) is 4.39 Å². The lowest BCUT2D eigenvalue weighted by Gasteiger charge is -2.29. The van der Waals surface area contributed by atoms with Crippen LogP contribution in [0.25, 0.3) is 0 Å². The molecule has 1 saturated heterocycles. The Kier molecular flexibility index (Phi) is 4.80. The van der Waals surface area contributed by atoms with Crippen LogP contribution in [0.5, 0.6) is 5.75 Å². The summed E-state index contributed by atoms with van der Waals surface area (Å²) >= 11 is 5.88. The third-order valence-electron chi connectivity index (χ3n) is 3.19. The van der Waals surface area contributed by atoms with Crippen LogP contribution in [0.2, 0.25) is 5.02 Å². The largest absolute Gasteiger partial charge is 0.491 e. The van der Waals surface area contributed by atoms with E-state index >= 15 is 0 Å². The van der Waals surface area contributed by atoms with Gasteiger partial charge in [-0.2, -0.15) is 0 Å². The zero-order valence-corrected chi connectivity index (χ0v) is 11.0. The molecule has 0 aliphatic carbocycles. The molecule has 0 amide bonds. The molecule has 0 saturated carbocycles. The standard InChI is InChI=1S/C13H18ClFN2O/c14-12-9-10(15)1-2-13(12)18-8-7-17-5-3-11(16)4-6-17/h1-2,9,11H,3-8,16H2. The molecule has 18 heavy (non-hydrogen) atoms. The van der Waals surface area contributed by atoms with E-state index in [-0.39, 0.29) is 5.82 Å². The van der Waals surface area contributed by atoms with E-state index in [0.717, 1.165) is 32.5 Å². The van der Waals surface area contributed by atoms with Crippen molar-refractivity contribution in [2.45, 2.75) is 18.9 Å². The molecule has 0 radical (unpaired) electrons. The van der Waals surface area contributed by atoms with Crippen molar-refractivity contribution in [2.75, 3.05) is 26.2 Å². The van der Waals surface area contributed by atoms with Gasteiger partial charge in [0.15, 0.2) is 0 Å². The maximum Gasteiger partial charge on any atom is 0.138 e. The van der Waals surface area contributed by atoms with Gasteiger partial charge in [0.05, 0.1) is 5.02 Å². The molecule has 1 heterocycles. The van der Waals surface area contributed by atoms with Gasteiger partial charge in [-0.3, -0.25) is 4.90 Å². The molecule has 1 aliphatic heterocycles. The maximum atomic E-state index is 12.8. The minimum atomic E-state index is -0.350. The lowest BCUT2D eigenvalue weighted by atomic mass is 10.1. The van der Waals surface area contributed by atoms with Crippen LogP contribution in [0.1, 0.15) is 12.8 Å². The van der Waals surface area contributed by atoms with E-state index in [1.807, 2.05) is 0 Å². The Morgan fingerprint density at radius 1 is 1.39 bits per heavy atom. The van der Waals surface area contributed by atoms with Crippen molar-refractivity contribution in [1.82, 2.24) is 4.90 Å². The number of hydrogen-bond donors (Lipinski definition) is 1. The normalized spacial score (nSPS) is 17.9. The molecule has 1 aromatic rings. The summed E-state index contributed by atoms with van der Waals surface area (Å²) in [4.78, 5) is 2.32. The van der Waals surface area contributed by atoms with Crippen LogP contribution < -0.4 is 10.5 Å². The zero-order valence-electron chi connectivity index (χ0n) is 10.2. The highest BCUT2D eigenvalue weighted by molar-refractivity contribution is 6.32. The molecule has 1 aliphatic rings. The molecular formula is C13H18ClFN2O. The van der Waals surface area contributed by atoms with Crippen LogP contribution in [-0.2, 0) is 0 Å². The van der Waals surface area contributed by atoms with Gasteiger partial charge in [0.25, 0.3) is 0 Å². The number of nitrogens with zero attached hydrogens (tertiary/aromatic N) is 1. The topological polar surface area (TPSA) is 38.5 Å². The van der Waals surface area contributed by atoms with Crippen LogP contribution in [-0.4, -0.2) is 37.2 Å². The van der Waals surface area contributed by atoms with E-state index in [9.17, 15) is 4.39 Å². The first kappa shape index (κ1) is 13.6. The summed E-state index contributed by atoms with van der Waals surface area (Å²) in [5.74, 6) is 0.184.